The lowest BCUT2D eigenvalue weighted by atomic mass is 9.97. The molecule has 3 aromatic carbocycles. The zero-order valence-electron chi connectivity index (χ0n) is 18.7. The SMILES string of the molecule is N#Cc1ccccc1S(=O)(=O)N1CCC(C(=O)NN(Cc2ccccc2)c2ccccc2)CC1. The summed E-state index contributed by atoms with van der Waals surface area (Å²) in [7, 11) is -3.79. The van der Waals surface area contributed by atoms with Crippen molar-refractivity contribution in [3.05, 3.63) is 96.1 Å². The van der Waals surface area contributed by atoms with Gasteiger partial charge in [0.25, 0.3) is 0 Å². The molecule has 174 valence electrons. The molecule has 1 saturated heterocycles. The van der Waals surface area contributed by atoms with Gasteiger partial charge in [0.15, 0.2) is 0 Å². The van der Waals surface area contributed by atoms with E-state index < -0.39 is 10.0 Å². The fourth-order valence-corrected chi connectivity index (χ4v) is 5.69. The zero-order chi connectivity index (χ0) is 24.0. The molecule has 4 rings (SSSR count). The van der Waals surface area contributed by atoms with Crippen LogP contribution in [0.1, 0.15) is 24.0 Å². The fraction of sp³-hybridized carbons (Fsp3) is 0.231. The number of benzene rings is 3. The number of para-hydroxylation sites is 1. The Morgan fingerprint density at radius 2 is 1.53 bits per heavy atom. The highest BCUT2D eigenvalue weighted by Crippen LogP contribution is 2.26. The number of hydrogen-bond acceptors (Lipinski definition) is 5. The second kappa shape index (κ2) is 10.5. The molecule has 0 radical (unpaired) electrons. The smallest absolute Gasteiger partial charge is 0.244 e. The van der Waals surface area contributed by atoms with E-state index in [-0.39, 0.29) is 35.4 Å². The molecule has 1 aliphatic rings. The van der Waals surface area contributed by atoms with Crippen molar-refractivity contribution in [2.24, 2.45) is 5.92 Å². The van der Waals surface area contributed by atoms with Gasteiger partial charge in [0, 0.05) is 19.0 Å². The van der Waals surface area contributed by atoms with Crippen molar-refractivity contribution in [1.29, 1.82) is 5.26 Å². The lowest BCUT2D eigenvalue weighted by molar-refractivity contribution is -0.126. The summed E-state index contributed by atoms with van der Waals surface area (Å²) in [4.78, 5) is 13.1. The Labute approximate surface area is 200 Å². The molecule has 7 nitrogen and oxygen atoms in total. The summed E-state index contributed by atoms with van der Waals surface area (Å²) in [6.07, 6.45) is 0.821. The van der Waals surface area contributed by atoms with Crippen molar-refractivity contribution in [3.63, 3.8) is 0 Å². The monoisotopic (exact) mass is 474 g/mol. The number of nitrogens with zero attached hydrogens (tertiary/aromatic N) is 3. The summed E-state index contributed by atoms with van der Waals surface area (Å²) in [6, 6.07) is 27.7. The van der Waals surface area contributed by atoms with Crippen LogP contribution in [0.25, 0.3) is 0 Å². The number of nitriles is 1. The first-order chi connectivity index (χ1) is 16.5. The Hall–Kier alpha value is -3.67. The van der Waals surface area contributed by atoms with Crippen LogP contribution in [-0.4, -0.2) is 31.7 Å². The maximum absolute atomic E-state index is 13.1. The van der Waals surface area contributed by atoms with Crippen LogP contribution in [-0.2, 0) is 21.4 Å². The third-order valence-corrected chi connectivity index (χ3v) is 7.90. The van der Waals surface area contributed by atoms with E-state index in [0.29, 0.717) is 19.4 Å². The number of carbonyl (C=O) groups is 1. The number of hydrogen-bond donors (Lipinski definition) is 1. The summed E-state index contributed by atoms with van der Waals surface area (Å²) in [6.45, 7) is 0.961. The van der Waals surface area contributed by atoms with Gasteiger partial charge in [-0.3, -0.25) is 15.2 Å². The van der Waals surface area contributed by atoms with Gasteiger partial charge >= 0.3 is 0 Å². The molecule has 0 saturated carbocycles. The molecule has 1 N–H and O–H groups in total. The number of amides is 1. The Balaban J connectivity index is 1.43. The van der Waals surface area contributed by atoms with Crippen molar-refractivity contribution in [2.75, 3.05) is 18.1 Å². The number of carbonyl (C=O) groups excluding carboxylic acids is 1. The highest BCUT2D eigenvalue weighted by atomic mass is 32.2. The number of rotatable bonds is 7. The number of piperidine rings is 1. The lowest BCUT2D eigenvalue weighted by Crippen LogP contribution is -2.48. The summed E-state index contributed by atoms with van der Waals surface area (Å²) in [5, 5.41) is 11.1. The molecule has 34 heavy (non-hydrogen) atoms. The van der Waals surface area contributed by atoms with Gasteiger partial charge in [-0.1, -0.05) is 60.7 Å². The van der Waals surface area contributed by atoms with Crippen molar-refractivity contribution < 1.29 is 13.2 Å². The maximum atomic E-state index is 13.1. The molecule has 0 spiro atoms. The van der Waals surface area contributed by atoms with E-state index in [0.717, 1.165) is 11.3 Å². The van der Waals surface area contributed by atoms with Gasteiger partial charge < -0.3 is 0 Å². The lowest BCUT2D eigenvalue weighted by Gasteiger charge is -2.33. The minimum atomic E-state index is -3.79. The molecule has 1 amide bonds. The normalized spacial score (nSPS) is 14.8. The average Bonchev–Trinajstić information content (AvgIpc) is 2.89. The Morgan fingerprint density at radius 3 is 2.18 bits per heavy atom. The Morgan fingerprint density at radius 1 is 0.941 bits per heavy atom. The minimum Gasteiger partial charge on any atom is -0.281 e. The molecule has 0 aromatic heterocycles. The van der Waals surface area contributed by atoms with Gasteiger partial charge in [0.1, 0.15) is 6.07 Å². The zero-order valence-corrected chi connectivity index (χ0v) is 19.5. The van der Waals surface area contributed by atoms with E-state index in [4.69, 9.17) is 0 Å². The van der Waals surface area contributed by atoms with E-state index in [1.807, 2.05) is 71.7 Å². The second-order valence-corrected chi connectivity index (χ2v) is 10.1. The number of anilines is 1. The van der Waals surface area contributed by atoms with Crippen LogP contribution in [0.5, 0.6) is 0 Å². The molecule has 0 unspecified atom stereocenters. The predicted octanol–water partition coefficient (Wildman–Crippen LogP) is 3.70. The maximum Gasteiger partial charge on any atom is 0.244 e. The van der Waals surface area contributed by atoms with Crippen LogP contribution in [0.15, 0.2) is 89.8 Å². The Bertz CT molecular complexity index is 1270. The molecule has 0 aliphatic carbocycles. The van der Waals surface area contributed by atoms with E-state index in [2.05, 4.69) is 5.43 Å². The van der Waals surface area contributed by atoms with Gasteiger partial charge in [-0.05, 0) is 42.7 Å². The second-order valence-electron chi connectivity index (χ2n) is 8.17. The van der Waals surface area contributed by atoms with Crippen molar-refractivity contribution in [3.8, 4) is 6.07 Å². The summed E-state index contributed by atoms with van der Waals surface area (Å²) in [5.74, 6) is -0.436. The first-order valence-corrected chi connectivity index (χ1v) is 12.6. The molecule has 0 bridgehead atoms. The molecule has 1 aliphatic heterocycles. The predicted molar refractivity (Wildman–Crippen MR) is 130 cm³/mol. The molecule has 1 heterocycles. The fourth-order valence-electron chi connectivity index (χ4n) is 4.07. The molecule has 1 fully saturated rings. The van der Waals surface area contributed by atoms with Crippen LogP contribution in [0.4, 0.5) is 5.69 Å². The molecule has 8 heteroatoms. The van der Waals surface area contributed by atoms with Crippen LogP contribution in [0.3, 0.4) is 0 Å². The number of nitrogens with one attached hydrogen (secondary N) is 1. The van der Waals surface area contributed by atoms with Crippen molar-refractivity contribution in [1.82, 2.24) is 9.73 Å². The molecular weight excluding hydrogens is 448 g/mol. The van der Waals surface area contributed by atoms with Crippen LogP contribution < -0.4 is 10.4 Å². The summed E-state index contributed by atoms with van der Waals surface area (Å²) in [5.41, 5.74) is 5.09. The van der Waals surface area contributed by atoms with E-state index in [1.54, 1.807) is 12.1 Å². The number of sulfonamides is 1. The molecular formula is C26H26N4O3S. The van der Waals surface area contributed by atoms with Crippen LogP contribution >= 0.6 is 0 Å². The highest BCUT2D eigenvalue weighted by molar-refractivity contribution is 7.89. The van der Waals surface area contributed by atoms with Crippen LogP contribution in [0.2, 0.25) is 0 Å². The van der Waals surface area contributed by atoms with E-state index in [9.17, 15) is 18.5 Å². The van der Waals surface area contributed by atoms with Crippen LogP contribution in [0, 0.1) is 17.2 Å². The Kier molecular flexibility index (Phi) is 7.26. The summed E-state index contributed by atoms with van der Waals surface area (Å²) < 4.78 is 27.5. The molecule has 0 atom stereocenters. The van der Waals surface area contributed by atoms with Gasteiger partial charge in [-0.15, -0.1) is 0 Å². The first kappa shape index (κ1) is 23.5. The quantitative estimate of drug-likeness (QED) is 0.527. The minimum absolute atomic E-state index is 0.0125. The first-order valence-electron chi connectivity index (χ1n) is 11.2. The topological polar surface area (TPSA) is 93.5 Å². The van der Waals surface area contributed by atoms with Gasteiger partial charge in [-0.25, -0.2) is 8.42 Å². The highest BCUT2D eigenvalue weighted by Gasteiger charge is 2.33. The largest absolute Gasteiger partial charge is 0.281 e. The standard InChI is InChI=1S/C26H26N4O3S/c27-19-23-11-7-8-14-25(23)34(32,33)29-17-15-22(16-18-29)26(31)28-30(24-12-5-2-6-13-24)20-21-9-3-1-4-10-21/h1-14,22H,15-18,20H2,(H,28,31). The van der Waals surface area contributed by atoms with Gasteiger partial charge in [0.05, 0.1) is 22.7 Å². The third kappa shape index (κ3) is 5.28. The van der Waals surface area contributed by atoms with E-state index in [1.165, 1.54) is 16.4 Å². The van der Waals surface area contributed by atoms with Gasteiger partial charge in [-0.2, -0.15) is 9.57 Å². The third-order valence-electron chi connectivity index (χ3n) is 5.95. The summed E-state index contributed by atoms with van der Waals surface area (Å²) >= 11 is 0. The molecule has 3 aromatic rings. The van der Waals surface area contributed by atoms with E-state index >= 15 is 0 Å². The van der Waals surface area contributed by atoms with Crippen molar-refractivity contribution >= 4 is 21.6 Å². The number of hydrazine groups is 1. The van der Waals surface area contributed by atoms with Crippen molar-refractivity contribution in [2.45, 2.75) is 24.3 Å². The average molecular weight is 475 g/mol. The van der Waals surface area contributed by atoms with Gasteiger partial charge in [0.2, 0.25) is 15.9 Å².